The molecule has 1 heterocycles. The zero-order valence-corrected chi connectivity index (χ0v) is 13.8. The highest BCUT2D eigenvalue weighted by molar-refractivity contribution is 5.66. The Kier molecular flexibility index (Phi) is 4.26. The van der Waals surface area contributed by atoms with Crippen molar-refractivity contribution in [2.24, 2.45) is 0 Å². The lowest BCUT2D eigenvalue weighted by molar-refractivity contribution is 0.440. The van der Waals surface area contributed by atoms with E-state index in [2.05, 4.69) is 15.0 Å². The first-order valence-corrected chi connectivity index (χ1v) is 8.12. The van der Waals surface area contributed by atoms with Gasteiger partial charge in [-0.1, -0.05) is 60.7 Å². The Morgan fingerprint density at radius 3 is 1.96 bits per heavy atom. The number of aromatic nitrogens is 3. The van der Waals surface area contributed by atoms with E-state index in [9.17, 15) is 5.11 Å². The molecule has 0 bridgehead atoms. The zero-order valence-electron chi connectivity index (χ0n) is 13.8. The summed E-state index contributed by atoms with van der Waals surface area (Å²) in [6.07, 6.45) is 0. The van der Waals surface area contributed by atoms with Gasteiger partial charge in [0.1, 0.15) is 11.5 Å². The van der Waals surface area contributed by atoms with Crippen molar-refractivity contribution < 1.29 is 9.84 Å². The van der Waals surface area contributed by atoms with Gasteiger partial charge in [-0.3, -0.25) is 0 Å². The molecule has 0 radical (unpaired) electrons. The molecule has 0 unspecified atom stereocenters. The van der Waals surface area contributed by atoms with Gasteiger partial charge >= 0.3 is 6.01 Å². The number of ether oxygens (including phenoxy) is 1. The van der Waals surface area contributed by atoms with Crippen molar-refractivity contribution in [1.29, 1.82) is 0 Å². The standard InChI is InChI=1S/C21H15N3O2/c25-18-14-8-7-13-17(18)20-22-19(15-9-3-1-4-10-15)23-21(24-20)26-16-11-5-2-6-12-16/h1-14,25H. The summed E-state index contributed by atoms with van der Waals surface area (Å²) in [6, 6.07) is 26.0. The van der Waals surface area contributed by atoms with Gasteiger partial charge in [0, 0.05) is 5.56 Å². The number of phenols is 1. The van der Waals surface area contributed by atoms with Crippen molar-refractivity contribution in [2.75, 3.05) is 0 Å². The third-order valence-electron chi connectivity index (χ3n) is 3.74. The van der Waals surface area contributed by atoms with E-state index in [4.69, 9.17) is 4.74 Å². The minimum Gasteiger partial charge on any atom is -0.507 e. The molecule has 26 heavy (non-hydrogen) atoms. The predicted octanol–water partition coefficient (Wildman–Crippen LogP) is 4.70. The van der Waals surface area contributed by atoms with Crippen molar-refractivity contribution in [3.8, 4) is 40.3 Å². The Bertz CT molecular complexity index is 1020. The van der Waals surface area contributed by atoms with E-state index < -0.39 is 0 Å². The molecule has 5 nitrogen and oxygen atoms in total. The highest BCUT2D eigenvalue weighted by Gasteiger charge is 2.14. The Morgan fingerprint density at radius 1 is 0.615 bits per heavy atom. The number of benzene rings is 3. The maximum atomic E-state index is 10.2. The van der Waals surface area contributed by atoms with Gasteiger partial charge in [0.15, 0.2) is 11.6 Å². The van der Waals surface area contributed by atoms with Crippen LogP contribution in [0.3, 0.4) is 0 Å². The second-order valence-corrected chi connectivity index (χ2v) is 5.56. The molecule has 126 valence electrons. The molecular weight excluding hydrogens is 326 g/mol. The number of aromatic hydroxyl groups is 1. The van der Waals surface area contributed by atoms with E-state index in [1.165, 1.54) is 0 Å². The molecule has 4 rings (SSSR count). The van der Waals surface area contributed by atoms with Crippen LogP contribution in [0, 0.1) is 0 Å². The van der Waals surface area contributed by atoms with Crippen LogP contribution in [0.5, 0.6) is 17.5 Å². The average Bonchev–Trinajstić information content (AvgIpc) is 2.69. The monoisotopic (exact) mass is 341 g/mol. The second-order valence-electron chi connectivity index (χ2n) is 5.56. The summed E-state index contributed by atoms with van der Waals surface area (Å²) in [7, 11) is 0. The summed E-state index contributed by atoms with van der Waals surface area (Å²) in [5.41, 5.74) is 1.36. The molecule has 3 aromatic carbocycles. The molecule has 5 heteroatoms. The molecule has 4 aromatic rings. The van der Waals surface area contributed by atoms with Crippen LogP contribution in [0.15, 0.2) is 84.9 Å². The number of hydrogen-bond donors (Lipinski definition) is 1. The van der Waals surface area contributed by atoms with Crippen molar-refractivity contribution in [3.05, 3.63) is 84.9 Å². The molecular formula is C21H15N3O2. The number of rotatable bonds is 4. The molecule has 0 fully saturated rings. The molecule has 0 spiro atoms. The van der Waals surface area contributed by atoms with Crippen LogP contribution < -0.4 is 4.74 Å². The zero-order chi connectivity index (χ0) is 17.8. The van der Waals surface area contributed by atoms with Gasteiger partial charge in [-0.15, -0.1) is 0 Å². The molecule has 0 amide bonds. The maximum absolute atomic E-state index is 10.2. The molecule has 0 saturated heterocycles. The Morgan fingerprint density at radius 2 is 1.23 bits per heavy atom. The summed E-state index contributed by atoms with van der Waals surface area (Å²) < 4.78 is 5.80. The van der Waals surface area contributed by atoms with Gasteiger partial charge in [0.25, 0.3) is 0 Å². The first kappa shape index (κ1) is 15.8. The minimum absolute atomic E-state index is 0.100. The molecule has 0 atom stereocenters. The van der Waals surface area contributed by atoms with Crippen LogP contribution in [-0.4, -0.2) is 20.1 Å². The first-order chi connectivity index (χ1) is 12.8. The van der Waals surface area contributed by atoms with E-state index >= 15 is 0 Å². The van der Waals surface area contributed by atoms with Gasteiger partial charge in [-0.05, 0) is 24.3 Å². The topological polar surface area (TPSA) is 68.1 Å². The fraction of sp³-hybridized carbons (Fsp3) is 0. The Balaban J connectivity index is 1.83. The fourth-order valence-electron chi connectivity index (χ4n) is 2.50. The summed E-state index contributed by atoms with van der Waals surface area (Å²) in [5.74, 6) is 1.55. The van der Waals surface area contributed by atoms with Crippen molar-refractivity contribution >= 4 is 0 Å². The lowest BCUT2D eigenvalue weighted by Gasteiger charge is -2.09. The minimum atomic E-state index is 0.100. The van der Waals surface area contributed by atoms with E-state index in [1.54, 1.807) is 18.2 Å². The molecule has 0 aliphatic carbocycles. The van der Waals surface area contributed by atoms with Gasteiger partial charge in [0.2, 0.25) is 0 Å². The molecule has 0 aliphatic heterocycles. The summed E-state index contributed by atoms with van der Waals surface area (Å²) in [6.45, 7) is 0. The van der Waals surface area contributed by atoms with Gasteiger partial charge < -0.3 is 9.84 Å². The summed E-state index contributed by atoms with van der Waals surface area (Å²) in [4.78, 5) is 13.3. The van der Waals surface area contributed by atoms with E-state index in [0.29, 0.717) is 23.0 Å². The normalized spacial score (nSPS) is 10.5. The highest BCUT2D eigenvalue weighted by Crippen LogP contribution is 2.29. The van der Waals surface area contributed by atoms with Crippen LogP contribution >= 0.6 is 0 Å². The van der Waals surface area contributed by atoms with Crippen LogP contribution in [0.1, 0.15) is 0 Å². The number of para-hydroxylation sites is 2. The molecule has 0 aliphatic rings. The molecule has 1 N–H and O–H groups in total. The number of phenolic OH excluding ortho intramolecular Hbond substituents is 1. The Hall–Kier alpha value is -3.73. The third kappa shape index (κ3) is 3.37. The third-order valence-corrected chi connectivity index (χ3v) is 3.74. The quantitative estimate of drug-likeness (QED) is 0.582. The fourth-order valence-corrected chi connectivity index (χ4v) is 2.50. The van der Waals surface area contributed by atoms with Crippen LogP contribution in [-0.2, 0) is 0 Å². The lowest BCUT2D eigenvalue weighted by Crippen LogP contribution is -2.00. The summed E-state index contributed by atoms with van der Waals surface area (Å²) in [5, 5.41) is 10.2. The predicted molar refractivity (Wildman–Crippen MR) is 98.9 cm³/mol. The van der Waals surface area contributed by atoms with Crippen molar-refractivity contribution in [2.45, 2.75) is 0 Å². The van der Waals surface area contributed by atoms with E-state index in [0.717, 1.165) is 5.56 Å². The van der Waals surface area contributed by atoms with Gasteiger partial charge in [-0.25, -0.2) is 4.98 Å². The average molecular weight is 341 g/mol. The SMILES string of the molecule is Oc1ccccc1-c1nc(Oc2ccccc2)nc(-c2ccccc2)n1. The van der Waals surface area contributed by atoms with Gasteiger partial charge in [-0.2, -0.15) is 9.97 Å². The van der Waals surface area contributed by atoms with Crippen LogP contribution in [0.25, 0.3) is 22.8 Å². The first-order valence-electron chi connectivity index (χ1n) is 8.12. The second kappa shape index (κ2) is 7.03. The van der Waals surface area contributed by atoms with E-state index in [1.807, 2.05) is 66.7 Å². The lowest BCUT2D eigenvalue weighted by atomic mass is 10.2. The highest BCUT2D eigenvalue weighted by atomic mass is 16.5. The molecule has 1 aromatic heterocycles. The van der Waals surface area contributed by atoms with Gasteiger partial charge in [0.05, 0.1) is 5.56 Å². The largest absolute Gasteiger partial charge is 0.507 e. The number of hydrogen-bond acceptors (Lipinski definition) is 5. The maximum Gasteiger partial charge on any atom is 0.326 e. The molecule has 0 saturated carbocycles. The smallest absolute Gasteiger partial charge is 0.326 e. The van der Waals surface area contributed by atoms with Crippen LogP contribution in [0.2, 0.25) is 0 Å². The van der Waals surface area contributed by atoms with Crippen molar-refractivity contribution in [3.63, 3.8) is 0 Å². The number of nitrogens with zero attached hydrogens (tertiary/aromatic N) is 3. The Labute approximate surface area is 150 Å². The van der Waals surface area contributed by atoms with E-state index in [-0.39, 0.29) is 11.8 Å². The summed E-state index contributed by atoms with van der Waals surface area (Å²) >= 11 is 0. The van der Waals surface area contributed by atoms with Crippen molar-refractivity contribution in [1.82, 2.24) is 15.0 Å². The van der Waals surface area contributed by atoms with Crippen LogP contribution in [0.4, 0.5) is 0 Å².